The van der Waals surface area contributed by atoms with Gasteiger partial charge >= 0.3 is 0 Å². The van der Waals surface area contributed by atoms with Crippen molar-refractivity contribution < 1.29 is 0 Å². The third kappa shape index (κ3) is 3.55. The van der Waals surface area contributed by atoms with E-state index in [1.54, 1.807) is 0 Å². The van der Waals surface area contributed by atoms with E-state index < -0.39 is 0 Å². The Labute approximate surface area is 227 Å². The molecule has 1 nitrogen and oxygen atoms in total. The molecule has 39 heavy (non-hydrogen) atoms. The standard InChI is InChI=1S/C38H25N/c1-4-12-33-27(9-1)16-18-29-24-31(20-22-35(29)33)39(38-15-7-11-26-8-3-6-14-37(26)38)32-21-23-36-30(25-32)19-17-28-10-2-5-13-34(28)36/h1-25H. The van der Waals surface area contributed by atoms with Crippen LogP contribution in [0.25, 0.3) is 53.9 Å². The Morgan fingerprint density at radius 2 is 0.692 bits per heavy atom. The Bertz CT molecular complexity index is 2070. The molecule has 182 valence electrons. The number of fused-ring (bicyclic) bond motifs is 7. The first-order chi connectivity index (χ1) is 19.3. The molecule has 8 aromatic rings. The predicted molar refractivity (Wildman–Crippen MR) is 169 cm³/mol. The summed E-state index contributed by atoms with van der Waals surface area (Å²) in [4.78, 5) is 2.41. The average Bonchev–Trinajstić information content (AvgIpc) is 3.01. The fraction of sp³-hybridized carbons (Fsp3) is 0. The van der Waals surface area contributed by atoms with E-state index in [1.807, 2.05) is 0 Å². The van der Waals surface area contributed by atoms with E-state index >= 15 is 0 Å². The molecule has 0 saturated carbocycles. The summed E-state index contributed by atoms with van der Waals surface area (Å²) in [6.45, 7) is 0. The van der Waals surface area contributed by atoms with Crippen LogP contribution in [0.2, 0.25) is 0 Å². The number of anilines is 3. The van der Waals surface area contributed by atoms with Gasteiger partial charge in [0.1, 0.15) is 0 Å². The molecule has 0 spiro atoms. The molecule has 8 aromatic carbocycles. The van der Waals surface area contributed by atoms with E-state index in [0.717, 1.165) is 11.4 Å². The monoisotopic (exact) mass is 495 g/mol. The summed E-state index contributed by atoms with van der Waals surface area (Å²) in [5.41, 5.74) is 3.47. The summed E-state index contributed by atoms with van der Waals surface area (Å²) in [5.74, 6) is 0. The number of benzene rings is 8. The second-order valence-corrected chi connectivity index (χ2v) is 10.2. The largest absolute Gasteiger partial charge is 0.310 e. The van der Waals surface area contributed by atoms with Crippen molar-refractivity contribution >= 4 is 70.9 Å². The van der Waals surface area contributed by atoms with Crippen LogP contribution in [-0.4, -0.2) is 0 Å². The molecule has 0 aliphatic carbocycles. The van der Waals surface area contributed by atoms with Crippen molar-refractivity contribution in [2.75, 3.05) is 4.90 Å². The Morgan fingerprint density at radius 1 is 0.282 bits per heavy atom. The van der Waals surface area contributed by atoms with Crippen molar-refractivity contribution in [1.29, 1.82) is 0 Å². The molecule has 0 aromatic heterocycles. The minimum absolute atomic E-state index is 1.15. The number of hydrogen-bond donors (Lipinski definition) is 0. The first-order valence-corrected chi connectivity index (χ1v) is 13.4. The highest BCUT2D eigenvalue weighted by molar-refractivity contribution is 6.11. The van der Waals surface area contributed by atoms with E-state index in [9.17, 15) is 0 Å². The van der Waals surface area contributed by atoms with Crippen LogP contribution in [0.3, 0.4) is 0 Å². The fourth-order valence-corrected chi connectivity index (χ4v) is 6.11. The van der Waals surface area contributed by atoms with Crippen molar-refractivity contribution in [3.05, 3.63) is 152 Å². The third-order valence-corrected chi connectivity index (χ3v) is 7.98. The molecule has 0 unspecified atom stereocenters. The first kappa shape index (κ1) is 21.9. The van der Waals surface area contributed by atoms with Crippen molar-refractivity contribution in [2.24, 2.45) is 0 Å². The highest BCUT2D eigenvalue weighted by Gasteiger charge is 2.17. The molecular formula is C38H25N. The maximum absolute atomic E-state index is 2.41. The molecule has 0 bridgehead atoms. The minimum Gasteiger partial charge on any atom is -0.310 e. The van der Waals surface area contributed by atoms with Crippen LogP contribution in [0.15, 0.2) is 152 Å². The Hall–Kier alpha value is -5.14. The SMILES string of the molecule is c1ccc2c(N(c3ccc4c(ccc5ccccc54)c3)c3ccc4c(ccc5ccccc54)c3)cccc2c1. The van der Waals surface area contributed by atoms with E-state index in [1.165, 1.54) is 59.5 Å². The molecule has 8 rings (SSSR count). The lowest BCUT2D eigenvalue weighted by molar-refractivity contribution is 1.31. The summed E-state index contributed by atoms with van der Waals surface area (Å²) in [5, 5.41) is 12.6. The molecule has 0 aliphatic heterocycles. The lowest BCUT2D eigenvalue weighted by Gasteiger charge is -2.27. The van der Waals surface area contributed by atoms with Gasteiger partial charge in [0.25, 0.3) is 0 Å². The van der Waals surface area contributed by atoms with Gasteiger partial charge in [0.2, 0.25) is 0 Å². The highest BCUT2D eigenvalue weighted by atomic mass is 15.1. The molecule has 0 saturated heterocycles. The van der Waals surface area contributed by atoms with Crippen LogP contribution in [0.1, 0.15) is 0 Å². The summed E-state index contributed by atoms with van der Waals surface area (Å²) >= 11 is 0. The number of nitrogens with zero attached hydrogens (tertiary/aromatic N) is 1. The molecular weight excluding hydrogens is 470 g/mol. The summed E-state index contributed by atoms with van der Waals surface area (Å²) in [7, 11) is 0. The van der Waals surface area contributed by atoms with Crippen LogP contribution in [-0.2, 0) is 0 Å². The number of hydrogen-bond acceptors (Lipinski definition) is 1. The van der Waals surface area contributed by atoms with Crippen molar-refractivity contribution in [1.82, 2.24) is 0 Å². The van der Waals surface area contributed by atoms with Gasteiger partial charge in [0.05, 0.1) is 5.69 Å². The summed E-state index contributed by atoms with van der Waals surface area (Å²) in [6, 6.07) is 55.2. The molecule has 0 atom stereocenters. The lowest BCUT2D eigenvalue weighted by atomic mass is 9.99. The molecule has 0 amide bonds. The van der Waals surface area contributed by atoms with Crippen LogP contribution in [0, 0.1) is 0 Å². The van der Waals surface area contributed by atoms with Gasteiger partial charge in [-0.3, -0.25) is 0 Å². The van der Waals surface area contributed by atoms with Crippen molar-refractivity contribution in [3.63, 3.8) is 0 Å². The van der Waals surface area contributed by atoms with E-state index in [2.05, 4.69) is 157 Å². The normalized spacial score (nSPS) is 11.6. The van der Waals surface area contributed by atoms with Gasteiger partial charge in [-0.05, 0) is 78.8 Å². The Kier molecular flexibility index (Phi) is 4.89. The zero-order chi connectivity index (χ0) is 25.8. The van der Waals surface area contributed by atoms with Gasteiger partial charge in [0.15, 0.2) is 0 Å². The topological polar surface area (TPSA) is 3.24 Å². The van der Waals surface area contributed by atoms with Crippen molar-refractivity contribution in [2.45, 2.75) is 0 Å². The Balaban J connectivity index is 1.39. The predicted octanol–water partition coefficient (Wildman–Crippen LogP) is 10.9. The maximum Gasteiger partial charge on any atom is 0.0540 e. The lowest BCUT2D eigenvalue weighted by Crippen LogP contribution is -2.10. The number of rotatable bonds is 3. The van der Waals surface area contributed by atoms with E-state index in [4.69, 9.17) is 0 Å². The average molecular weight is 496 g/mol. The smallest absolute Gasteiger partial charge is 0.0540 e. The molecule has 0 heterocycles. The van der Waals surface area contributed by atoms with E-state index in [0.29, 0.717) is 0 Å². The quantitative estimate of drug-likeness (QED) is 0.220. The van der Waals surface area contributed by atoms with Crippen LogP contribution in [0.5, 0.6) is 0 Å². The second-order valence-electron chi connectivity index (χ2n) is 10.2. The van der Waals surface area contributed by atoms with E-state index in [-0.39, 0.29) is 0 Å². The zero-order valence-electron chi connectivity index (χ0n) is 21.4. The first-order valence-electron chi connectivity index (χ1n) is 13.4. The van der Waals surface area contributed by atoms with Gasteiger partial charge < -0.3 is 4.90 Å². The zero-order valence-corrected chi connectivity index (χ0v) is 21.4. The molecule has 0 fully saturated rings. The van der Waals surface area contributed by atoms with Gasteiger partial charge in [-0.25, -0.2) is 0 Å². The highest BCUT2D eigenvalue weighted by Crippen LogP contribution is 2.42. The molecule has 0 N–H and O–H groups in total. The molecule has 1 heteroatoms. The van der Waals surface area contributed by atoms with Gasteiger partial charge in [-0.1, -0.05) is 121 Å². The van der Waals surface area contributed by atoms with Crippen LogP contribution < -0.4 is 4.90 Å². The third-order valence-electron chi connectivity index (χ3n) is 7.98. The molecule has 0 radical (unpaired) electrons. The minimum atomic E-state index is 1.15. The second kappa shape index (κ2) is 8.72. The van der Waals surface area contributed by atoms with Gasteiger partial charge in [-0.2, -0.15) is 0 Å². The van der Waals surface area contributed by atoms with Crippen molar-refractivity contribution in [3.8, 4) is 0 Å². The fourth-order valence-electron chi connectivity index (χ4n) is 6.11. The van der Waals surface area contributed by atoms with Gasteiger partial charge in [-0.15, -0.1) is 0 Å². The summed E-state index contributed by atoms with van der Waals surface area (Å²) < 4.78 is 0. The van der Waals surface area contributed by atoms with Crippen LogP contribution >= 0.6 is 0 Å². The summed E-state index contributed by atoms with van der Waals surface area (Å²) in [6.07, 6.45) is 0. The van der Waals surface area contributed by atoms with Gasteiger partial charge in [0, 0.05) is 16.8 Å². The van der Waals surface area contributed by atoms with Crippen LogP contribution in [0.4, 0.5) is 17.1 Å². The maximum atomic E-state index is 2.41. The Morgan fingerprint density at radius 3 is 1.26 bits per heavy atom. The molecule has 0 aliphatic rings.